The van der Waals surface area contributed by atoms with Gasteiger partial charge in [-0.05, 0) is 0 Å². The van der Waals surface area contributed by atoms with Crippen molar-refractivity contribution in [2.24, 2.45) is 0 Å². The minimum absolute atomic E-state index is 0.178. The highest BCUT2D eigenvalue weighted by molar-refractivity contribution is 6.93. The van der Waals surface area contributed by atoms with Gasteiger partial charge >= 0.3 is 19.3 Å². The van der Waals surface area contributed by atoms with Crippen LogP contribution in [-0.4, -0.2) is 19.3 Å². The molecule has 0 nitrogen and oxygen atoms in total. The summed E-state index contributed by atoms with van der Waals surface area (Å²) in [6.07, 6.45) is 23.3. The zero-order chi connectivity index (χ0) is 14.7. The number of hydrogen-bond acceptors (Lipinski definition) is 0. The highest BCUT2D eigenvalue weighted by Crippen LogP contribution is 2.13. The molecule has 0 aromatic rings. The molecular weight excluding hydrogens is 276 g/mol. The quantitative estimate of drug-likeness (QED) is 0.192. The van der Waals surface area contributed by atoms with Gasteiger partial charge in [0.25, 0.3) is 0 Å². The van der Waals surface area contributed by atoms with Crippen molar-refractivity contribution >= 4 is 28.3 Å². The Morgan fingerprint density at radius 3 is 1.10 bits per heavy atom. The molecule has 0 heterocycles. The Bertz CT molecular complexity index is 143. The van der Waals surface area contributed by atoms with E-state index in [0.29, 0.717) is 0 Å². The van der Waals surface area contributed by atoms with Crippen LogP contribution >= 0.6 is 9.07 Å². The molecule has 20 heavy (non-hydrogen) atoms. The summed E-state index contributed by atoms with van der Waals surface area (Å²) < 4.78 is 1.35. The van der Waals surface area contributed by atoms with E-state index in [0.717, 1.165) is 0 Å². The second kappa shape index (κ2) is 20.1. The van der Waals surface area contributed by atoms with Crippen LogP contribution in [0.4, 0.5) is 0 Å². The molecule has 0 unspecified atom stereocenters. The van der Waals surface area contributed by atoms with Crippen LogP contribution in [0.3, 0.4) is 0 Å². The average molecular weight is 313 g/mol. The van der Waals surface area contributed by atoms with E-state index in [1.807, 2.05) is 0 Å². The molecule has 0 bridgehead atoms. The van der Waals surface area contributed by atoms with Crippen LogP contribution in [0.5, 0.6) is 0 Å². The molecule has 0 saturated heterocycles. The Morgan fingerprint density at radius 2 is 0.800 bits per heavy atom. The van der Waals surface area contributed by atoms with Crippen LogP contribution < -0.4 is 0 Å². The van der Waals surface area contributed by atoms with Gasteiger partial charge in [-0.1, -0.05) is 110 Å². The van der Waals surface area contributed by atoms with E-state index in [1.54, 1.807) is 0 Å². The lowest BCUT2D eigenvalue weighted by Gasteiger charge is -2.03. The lowest BCUT2D eigenvalue weighted by molar-refractivity contribution is 0.531. The Hall–Kier alpha value is 1.06. The molecule has 0 aliphatic heterocycles. The second-order valence-electron chi connectivity index (χ2n) is 6.35. The highest BCUT2D eigenvalue weighted by atomic mass is 35.5. The van der Waals surface area contributed by atoms with Crippen LogP contribution in [0.15, 0.2) is 0 Å². The van der Waals surface area contributed by atoms with E-state index in [-0.39, 0.29) is 19.3 Å². The average Bonchev–Trinajstić information content (AvgIpc) is 2.47. The highest BCUT2D eigenvalue weighted by Gasteiger charge is 1.95. The molecule has 0 amide bonds. The fourth-order valence-electron chi connectivity index (χ4n) is 2.82. The molecule has 0 aromatic heterocycles. The molecule has 0 aromatic carbocycles. The largest absolute Gasteiger partial charge is 0.501 e. The lowest BCUT2D eigenvalue weighted by atomic mass is 10.0. The lowest BCUT2D eigenvalue weighted by Crippen LogP contribution is -1.84. The fraction of sp³-hybridized carbons (Fsp3) is 1.00. The summed E-state index contributed by atoms with van der Waals surface area (Å²) in [6, 6.07) is 0. The topological polar surface area (TPSA) is 0 Å². The minimum Gasteiger partial charge on any atom is -0.346 e. The third kappa shape index (κ3) is 19.1. The molecule has 0 aliphatic carbocycles. The Labute approximate surface area is 142 Å². The summed E-state index contributed by atoms with van der Waals surface area (Å²) >= 11 is -0.178. The summed E-state index contributed by atoms with van der Waals surface area (Å²) in [5.41, 5.74) is 0. The molecule has 0 fully saturated rings. The van der Waals surface area contributed by atoms with Crippen molar-refractivity contribution in [1.29, 1.82) is 0 Å². The summed E-state index contributed by atoms with van der Waals surface area (Å²) in [4.78, 5) is 0. The maximum absolute atomic E-state index is 5.81. The van der Waals surface area contributed by atoms with Gasteiger partial charge in [-0.25, -0.2) is 0 Å². The summed E-state index contributed by atoms with van der Waals surface area (Å²) in [7, 11) is 5.81. The summed E-state index contributed by atoms with van der Waals surface area (Å²) in [5.74, 6) is 0. The van der Waals surface area contributed by atoms with Crippen molar-refractivity contribution in [2.75, 3.05) is 0 Å². The summed E-state index contributed by atoms with van der Waals surface area (Å²) in [6.45, 7) is 2.29. The molecule has 0 rings (SSSR count). The third-order valence-corrected chi connectivity index (χ3v) is 5.81. The predicted octanol–water partition coefficient (Wildman–Crippen LogP) is 7.52. The molecule has 2 heteroatoms. The first-order chi connectivity index (χ1) is 9.91. The van der Waals surface area contributed by atoms with Crippen LogP contribution in [0.1, 0.15) is 110 Å². The van der Waals surface area contributed by atoms with Gasteiger partial charge in [0.1, 0.15) is 0 Å². The normalized spacial score (nSPS) is 10.7. The number of halogens is 1. The first kappa shape index (κ1) is 21.1. The smallest absolute Gasteiger partial charge is 0.346 e. The van der Waals surface area contributed by atoms with Gasteiger partial charge in [0.05, 0.1) is 0 Å². The Kier molecular flexibility index (Phi) is 21.1. The molecular formula is C18H37ClMg. The molecule has 0 spiro atoms. The van der Waals surface area contributed by atoms with Gasteiger partial charge in [0.15, 0.2) is 0 Å². The summed E-state index contributed by atoms with van der Waals surface area (Å²) in [5, 5.41) is 0. The zero-order valence-corrected chi connectivity index (χ0v) is 16.3. The van der Waals surface area contributed by atoms with Gasteiger partial charge in [0.2, 0.25) is 0 Å². The van der Waals surface area contributed by atoms with E-state index in [4.69, 9.17) is 9.07 Å². The monoisotopic (exact) mass is 312 g/mol. The predicted molar refractivity (Wildman–Crippen MR) is 96.0 cm³/mol. The van der Waals surface area contributed by atoms with Gasteiger partial charge < -0.3 is 9.07 Å². The third-order valence-electron chi connectivity index (χ3n) is 4.24. The number of rotatable bonds is 17. The first-order valence-corrected chi connectivity index (χ1v) is 12.6. The van der Waals surface area contributed by atoms with Crippen LogP contribution in [0.25, 0.3) is 0 Å². The molecule has 0 N–H and O–H groups in total. The van der Waals surface area contributed by atoms with Crippen LogP contribution in [0.2, 0.25) is 4.55 Å². The van der Waals surface area contributed by atoms with Gasteiger partial charge in [-0.3, -0.25) is 0 Å². The number of hydrogen-bond donors (Lipinski definition) is 0. The SMILES string of the molecule is CCCCCCCCCCCCCCCCC[CH2][Mg][Cl]. The van der Waals surface area contributed by atoms with Crippen molar-refractivity contribution in [2.45, 2.75) is 114 Å². The molecule has 0 aliphatic rings. The van der Waals surface area contributed by atoms with Crippen molar-refractivity contribution in [3.05, 3.63) is 0 Å². The van der Waals surface area contributed by atoms with Gasteiger partial charge in [0, 0.05) is 0 Å². The van der Waals surface area contributed by atoms with E-state index in [9.17, 15) is 0 Å². The van der Waals surface area contributed by atoms with Crippen molar-refractivity contribution in [3.63, 3.8) is 0 Å². The molecule has 0 saturated carbocycles. The molecule has 118 valence electrons. The standard InChI is InChI=1S/C18H37.ClH.Mg/c1-3-5-7-9-11-13-15-17-18-16-14-12-10-8-6-4-2;;/h1,3-18H2,2H3;1H;/q;;+1/p-1. The molecule has 0 atom stereocenters. The maximum atomic E-state index is 5.81. The van der Waals surface area contributed by atoms with Crippen LogP contribution in [0, 0.1) is 0 Å². The van der Waals surface area contributed by atoms with Crippen molar-refractivity contribution in [3.8, 4) is 0 Å². The zero-order valence-electron chi connectivity index (χ0n) is 14.1. The molecule has 0 radical (unpaired) electrons. The minimum atomic E-state index is -0.178. The fourth-order valence-corrected chi connectivity index (χ4v) is 3.93. The van der Waals surface area contributed by atoms with E-state index in [1.165, 1.54) is 107 Å². The maximum Gasteiger partial charge on any atom is 0.501 e. The van der Waals surface area contributed by atoms with Crippen LogP contribution in [-0.2, 0) is 0 Å². The van der Waals surface area contributed by atoms with E-state index < -0.39 is 0 Å². The first-order valence-electron chi connectivity index (χ1n) is 9.47. The van der Waals surface area contributed by atoms with Crippen molar-refractivity contribution < 1.29 is 0 Å². The van der Waals surface area contributed by atoms with Gasteiger partial charge in [-0.2, -0.15) is 0 Å². The Balaban J connectivity index is 2.89. The van der Waals surface area contributed by atoms with E-state index >= 15 is 0 Å². The number of unbranched alkanes of at least 4 members (excludes halogenated alkanes) is 15. The van der Waals surface area contributed by atoms with E-state index in [2.05, 4.69) is 6.92 Å². The van der Waals surface area contributed by atoms with Crippen molar-refractivity contribution in [1.82, 2.24) is 0 Å². The Morgan fingerprint density at radius 1 is 0.500 bits per heavy atom. The van der Waals surface area contributed by atoms with Gasteiger partial charge in [-0.15, -0.1) is 4.55 Å². The second-order valence-corrected chi connectivity index (χ2v) is 8.56.